The van der Waals surface area contributed by atoms with Crippen LogP contribution in [-0.4, -0.2) is 24.4 Å². The van der Waals surface area contributed by atoms with Gasteiger partial charge in [0, 0.05) is 12.1 Å². The first kappa shape index (κ1) is 15.3. The summed E-state index contributed by atoms with van der Waals surface area (Å²) in [7, 11) is 1.62. The number of para-hydroxylation sites is 1. The molecular formula is C16H18N2O2S. The van der Waals surface area contributed by atoms with Crippen LogP contribution in [0.5, 0.6) is 5.75 Å². The van der Waals surface area contributed by atoms with E-state index < -0.39 is 0 Å². The average molecular weight is 302 g/mol. The zero-order valence-corrected chi connectivity index (χ0v) is 13.2. The number of nitrogens with zero attached hydrogens (tertiary/aromatic N) is 1. The number of carbonyl (C=O) groups is 1. The summed E-state index contributed by atoms with van der Waals surface area (Å²) in [6.45, 7) is 4.64. The van der Waals surface area contributed by atoms with Crippen LogP contribution >= 0.6 is 11.3 Å². The summed E-state index contributed by atoms with van der Waals surface area (Å²) < 4.78 is 5.26. The van der Waals surface area contributed by atoms with E-state index in [1.54, 1.807) is 19.3 Å². The van der Waals surface area contributed by atoms with Gasteiger partial charge in [0.05, 0.1) is 17.7 Å². The van der Waals surface area contributed by atoms with Crippen molar-refractivity contribution in [3.63, 3.8) is 0 Å². The van der Waals surface area contributed by atoms with Crippen LogP contribution in [0.1, 0.15) is 27.9 Å². The highest BCUT2D eigenvalue weighted by molar-refractivity contribution is 7.17. The lowest BCUT2D eigenvalue weighted by Gasteiger charge is -2.02. The molecule has 1 aromatic carbocycles. The third-order valence-corrected chi connectivity index (χ3v) is 4.03. The summed E-state index contributed by atoms with van der Waals surface area (Å²) in [6.07, 6.45) is 3.33. The number of ketones is 1. The number of carbonyl (C=O) groups excluding carboxylic acids is 1. The molecule has 1 aromatic heterocycles. The molecule has 0 bridgehead atoms. The molecule has 5 heteroatoms. The van der Waals surface area contributed by atoms with Gasteiger partial charge in [-0.15, -0.1) is 0 Å². The van der Waals surface area contributed by atoms with Crippen molar-refractivity contribution in [2.75, 3.05) is 19.0 Å². The summed E-state index contributed by atoms with van der Waals surface area (Å²) in [5, 5.41) is 3.91. The maximum Gasteiger partial charge on any atom is 0.197 e. The quantitative estimate of drug-likeness (QED) is 0.651. The van der Waals surface area contributed by atoms with Gasteiger partial charge >= 0.3 is 0 Å². The molecule has 0 spiro atoms. The smallest absolute Gasteiger partial charge is 0.197 e. The lowest BCUT2D eigenvalue weighted by molar-refractivity contribution is 0.105. The van der Waals surface area contributed by atoms with E-state index in [0.717, 1.165) is 28.7 Å². The monoisotopic (exact) mass is 302 g/mol. The van der Waals surface area contributed by atoms with E-state index in [4.69, 9.17) is 4.74 Å². The molecule has 21 heavy (non-hydrogen) atoms. The Hall–Kier alpha value is -2.14. The highest BCUT2D eigenvalue weighted by Crippen LogP contribution is 2.24. The number of aryl methyl sites for hydroxylation is 1. The molecule has 0 atom stereocenters. The zero-order chi connectivity index (χ0) is 15.2. The fourth-order valence-electron chi connectivity index (χ4n) is 1.90. The summed E-state index contributed by atoms with van der Waals surface area (Å²) >= 11 is 1.38. The number of thiazole rings is 1. The highest BCUT2D eigenvalue weighted by atomic mass is 32.1. The standard InChI is InChI=1S/C16H18N2O2S/c1-4-17-16-18-11(2)15(21-16)13(19)10-9-12-7-5-6-8-14(12)20-3/h5-10H,4H2,1-3H3,(H,17,18)/b10-9+. The van der Waals surface area contributed by atoms with Gasteiger partial charge in [-0.05, 0) is 32.1 Å². The molecule has 0 aliphatic rings. The van der Waals surface area contributed by atoms with E-state index >= 15 is 0 Å². The number of nitrogens with one attached hydrogen (secondary N) is 1. The fourth-order valence-corrected chi connectivity index (χ4v) is 2.85. The predicted octanol–water partition coefficient (Wildman–Crippen LogP) is 3.79. The van der Waals surface area contributed by atoms with E-state index in [2.05, 4.69) is 10.3 Å². The van der Waals surface area contributed by atoms with Gasteiger partial charge in [-0.25, -0.2) is 4.98 Å². The number of allylic oxidation sites excluding steroid dienone is 1. The van der Waals surface area contributed by atoms with Crippen molar-refractivity contribution < 1.29 is 9.53 Å². The Kier molecular flexibility index (Phi) is 5.11. The van der Waals surface area contributed by atoms with Crippen molar-refractivity contribution in [3.8, 4) is 5.75 Å². The molecule has 0 saturated heterocycles. The van der Waals surface area contributed by atoms with Crippen molar-refractivity contribution in [1.29, 1.82) is 0 Å². The molecule has 1 N–H and O–H groups in total. The van der Waals surface area contributed by atoms with Crippen molar-refractivity contribution >= 4 is 28.3 Å². The Morgan fingerprint density at radius 2 is 2.19 bits per heavy atom. The summed E-state index contributed by atoms with van der Waals surface area (Å²) in [4.78, 5) is 17.3. The van der Waals surface area contributed by atoms with Crippen molar-refractivity contribution in [3.05, 3.63) is 46.5 Å². The first-order valence-corrected chi connectivity index (χ1v) is 7.54. The summed E-state index contributed by atoms with van der Waals surface area (Å²) in [5.74, 6) is 0.705. The molecule has 0 fully saturated rings. The largest absolute Gasteiger partial charge is 0.496 e. The Morgan fingerprint density at radius 1 is 1.43 bits per heavy atom. The number of rotatable bonds is 6. The highest BCUT2D eigenvalue weighted by Gasteiger charge is 2.12. The molecule has 0 radical (unpaired) electrons. The number of hydrogen-bond donors (Lipinski definition) is 1. The minimum absolute atomic E-state index is 0.0416. The van der Waals surface area contributed by atoms with Crippen LogP contribution in [0.3, 0.4) is 0 Å². The number of hydrogen-bond acceptors (Lipinski definition) is 5. The van der Waals surface area contributed by atoms with Crippen LogP contribution < -0.4 is 10.1 Å². The van der Waals surface area contributed by atoms with Gasteiger partial charge in [-0.3, -0.25) is 4.79 Å². The first-order valence-electron chi connectivity index (χ1n) is 6.72. The van der Waals surface area contributed by atoms with Gasteiger partial charge in [-0.2, -0.15) is 0 Å². The zero-order valence-electron chi connectivity index (χ0n) is 12.3. The maximum atomic E-state index is 12.3. The molecule has 4 nitrogen and oxygen atoms in total. The lowest BCUT2D eigenvalue weighted by atomic mass is 10.1. The number of ether oxygens (including phenoxy) is 1. The molecule has 2 rings (SSSR count). The molecular weight excluding hydrogens is 284 g/mol. The molecule has 0 aliphatic heterocycles. The van der Waals surface area contributed by atoms with Crippen LogP contribution in [0.2, 0.25) is 0 Å². The van der Waals surface area contributed by atoms with Gasteiger partial charge in [-0.1, -0.05) is 29.5 Å². The number of aromatic nitrogens is 1. The predicted molar refractivity (Wildman–Crippen MR) is 87.4 cm³/mol. The second-order valence-electron chi connectivity index (χ2n) is 4.40. The van der Waals surface area contributed by atoms with Gasteiger partial charge in [0.2, 0.25) is 0 Å². The van der Waals surface area contributed by atoms with Crippen LogP contribution in [-0.2, 0) is 0 Å². The average Bonchev–Trinajstić information content (AvgIpc) is 2.86. The second kappa shape index (κ2) is 7.04. The molecule has 2 aromatic rings. The maximum absolute atomic E-state index is 12.3. The van der Waals surface area contributed by atoms with Gasteiger partial charge in [0.1, 0.15) is 5.75 Å². The van der Waals surface area contributed by atoms with E-state index in [1.165, 1.54) is 11.3 Å². The van der Waals surface area contributed by atoms with E-state index in [9.17, 15) is 4.79 Å². The Labute approximate surface area is 128 Å². The van der Waals surface area contributed by atoms with Crippen LogP contribution in [0.15, 0.2) is 30.3 Å². The molecule has 0 saturated carbocycles. The van der Waals surface area contributed by atoms with Gasteiger partial charge in [0.25, 0.3) is 0 Å². The normalized spacial score (nSPS) is 10.8. The van der Waals surface area contributed by atoms with E-state index in [1.807, 2.05) is 38.1 Å². The van der Waals surface area contributed by atoms with E-state index in [0.29, 0.717) is 4.88 Å². The van der Waals surface area contributed by atoms with Crippen molar-refractivity contribution in [2.24, 2.45) is 0 Å². The third kappa shape index (κ3) is 3.70. The van der Waals surface area contributed by atoms with Gasteiger partial charge in [0.15, 0.2) is 10.9 Å². The molecule has 0 aliphatic carbocycles. The Morgan fingerprint density at radius 3 is 2.90 bits per heavy atom. The molecule has 0 unspecified atom stereocenters. The summed E-state index contributed by atoms with van der Waals surface area (Å²) in [5.41, 5.74) is 1.63. The van der Waals surface area contributed by atoms with Crippen molar-refractivity contribution in [2.45, 2.75) is 13.8 Å². The third-order valence-electron chi connectivity index (χ3n) is 2.90. The number of benzene rings is 1. The molecule has 110 valence electrons. The first-order chi connectivity index (χ1) is 10.2. The van der Waals surface area contributed by atoms with Gasteiger partial charge < -0.3 is 10.1 Å². The number of anilines is 1. The molecule has 1 heterocycles. The minimum atomic E-state index is -0.0416. The summed E-state index contributed by atoms with van der Waals surface area (Å²) in [6, 6.07) is 7.58. The Bertz CT molecular complexity index is 662. The SMILES string of the molecule is CCNc1nc(C)c(C(=O)/C=C/c2ccccc2OC)s1. The van der Waals surface area contributed by atoms with Crippen LogP contribution in [0.4, 0.5) is 5.13 Å². The fraction of sp³-hybridized carbons (Fsp3) is 0.250. The van der Waals surface area contributed by atoms with Crippen LogP contribution in [0, 0.1) is 6.92 Å². The number of methoxy groups -OCH3 is 1. The van der Waals surface area contributed by atoms with Crippen molar-refractivity contribution in [1.82, 2.24) is 4.98 Å². The minimum Gasteiger partial charge on any atom is -0.496 e. The topological polar surface area (TPSA) is 51.2 Å². The van der Waals surface area contributed by atoms with E-state index in [-0.39, 0.29) is 5.78 Å². The Balaban J connectivity index is 2.19. The lowest BCUT2D eigenvalue weighted by Crippen LogP contribution is -1.94. The molecule has 0 amide bonds. The van der Waals surface area contributed by atoms with Crippen LogP contribution in [0.25, 0.3) is 6.08 Å². The second-order valence-corrected chi connectivity index (χ2v) is 5.40.